The van der Waals surface area contributed by atoms with E-state index in [1.54, 1.807) is 24.3 Å². The average Bonchev–Trinajstić information content (AvgIpc) is 2.63. The first-order valence-corrected chi connectivity index (χ1v) is 7.49. The maximum Gasteiger partial charge on any atom is 0.416 e. The number of nitrogens with two attached hydrogens (primary N) is 1. The smallest absolute Gasteiger partial charge is 0.416 e. The molecule has 0 aliphatic carbocycles. The Hall–Kier alpha value is -3.29. The highest BCUT2D eigenvalue weighted by Crippen LogP contribution is 2.37. The summed E-state index contributed by atoms with van der Waals surface area (Å²) in [4.78, 5) is 8.05. The minimum absolute atomic E-state index is 0.0828. The largest absolute Gasteiger partial charge is 0.493 e. The number of nitrogen functional groups attached to an aromatic ring is 1. The Morgan fingerprint density at radius 1 is 0.923 bits per heavy atom. The molecule has 0 fully saturated rings. The Morgan fingerprint density at radius 3 is 2.19 bits per heavy atom. The van der Waals surface area contributed by atoms with E-state index in [0.717, 1.165) is 12.1 Å². The molecular weight excluding hydrogens is 347 g/mol. The number of rotatable bonds is 4. The van der Waals surface area contributed by atoms with Crippen molar-refractivity contribution in [1.82, 2.24) is 9.97 Å². The van der Waals surface area contributed by atoms with Crippen LogP contribution in [0.25, 0.3) is 11.3 Å². The van der Waals surface area contributed by atoms with Gasteiger partial charge in [0.25, 0.3) is 0 Å². The van der Waals surface area contributed by atoms with E-state index in [9.17, 15) is 13.2 Å². The van der Waals surface area contributed by atoms with E-state index in [1.807, 2.05) is 0 Å². The van der Waals surface area contributed by atoms with Crippen LogP contribution in [-0.2, 0) is 6.18 Å². The zero-order valence-corrected chi connectivity index (χ0v) is 13.6. The van der Waals surface area contributed by atoms with Crippen molar-refractivity contribution in [2.45, 2.75) is 6.18 Å². The van der Waals surface area contributed by atoms with Crippen molar-refractivity contribution < 1.29 is 22.6 Å². The van der Waals surface area contributed by atoms with Crippen molar-refractivity contribution in [2.24, 2.45) is 0 Å². The monoisotopic (exact) mass is 361 g/mol. The predicted molar refractivity (Wildman–Crippen MR) is 90.0 cm³/mol. The Balaban J connectivity index is 1.95. The normalized spacial score (nSPS) is 11.2. The fourth-order valence-electron chi connectivity index (χ4n) is 2.32. The number of hydrogen-bond acceptors (Lipinski definition) is 5. The van der Waals surface area contributed by atoms with Crippen molar-refractivity contribution in [1.29, 1.82) is 0 Å². The Kier molecular flexibility index (Phi) is 4.66. The maximum absolute atomic E-state index is 12.7. The van der Waals surface area contributed by atoms with Crippen LogP contribution in [0.5, 0.6) is 17.4 Å². The summed E-state index contributed by atoms with van der Waals surface area (Å²) in [7, 11) is 1.50. The van der Waals surface area contributed by atoms with Gasteiger partial charge in [-0.25, -0.2) is 4.98 Å². The molecule has 0 aliphatic heterocycles. The van der Waals surface area contributed by atoms with Crippen LogP contribution >= 0.6 is 0 Å². The van der Waals surface area contributed by atoms with Gasteiger partial charge in [0, 0.05) is 5.56 Å². The van der Waals surface area contributed by atoms with E-state index < -0.39 is 11.7 Å². The minimum Gasteiger partial charge on any atom is -0.493 e. The molecule has 0 bridgehead atoms. The lowest BCUT2D eigenvalue weighted by molar-refractivity contribution is -0.137. The third-order valence-electron chi connectivity index (χ3n) is 3.61. The van der Waals surface area contributed by atoms with Crippen LogP contribution in [0.1, 0.15) is 5.56 Å². The number of para-hydroxylation sites is 2. The molecule has 1 heterocycles. The fourth-order valence-corrected chi connectivity index (χ4v) is 2.32. The van der Waals surface area contributed by atoms with Gasteiger partial charge in [0.1, 0.15) is 17.7 Å². The van der Waals surface area contributed by atoms with Crippen molar-refractivity contribution in [2.75, 3.05) is 12.8 Å². The molecule has 3 aromatic rings. The van der Waals surface area contributed by atoms with Crippen LogP contribution in [-0.4, -0.2) is 17.1 Å². The fraction of sp³-hybridized carbons (Fsp3) is 0.111. The molecular formula is C18H14F3N3O2. The number of nitrogens with zero attached hydrogens (tertiary/aromatic N) is 2. The molecule has 0 unspecified atom stereocenters. The summed E-state index contributed by atoms with van der Waals surface area (Å²) in [5.41, 5.74) is 6.12. The molecule has 0 spiro atoms. The van der Waals surface area contributed by atoms with E-state index in [4.69, 9.17) is 15.2 Å². The van der Waals surface area contributed by atoms with Gasteiger partial charge in [-0.1, -0.05) is 24.3 Å². The number of hydrogen-bond donors (Lipinski definition) is 1. The van der Waals surface area contributed by atoms with E-state index in [2.05, 4.69) is 9.97 Å². The third kappa shape index (κ3) is 3.53. The number of aromatic nitrogens is 2. The summed E-state index contributed by atoms with van der Waals surface area (Å²) in [5, 5.41) is 0. The summed E-state index contributed by atoms with van der Waals surface area (Å²) in [6, 6.07) is 11.5. The second-order valence-electron chi connectivity index (χ2n) is 5.27. The zero-order chi connectivity index (χ0) is 18.7. The Labute approximate surface area is 147 Å². The summed E-state index contributed by atoms with van der Waals surface area (Å²) in [6.45, 7) is 0. The number of methoxy groups -OCH3 is 1. The van der Waals surface area contributed by atoms with Crippen LogP contribution in [0.4, 0.5) is 18.9 Å². The number of anilines is 1. The summed E-state index contributed by atoms with van der Waals surface area (Å²) >= 11 is 0. The summed E-state index contributed by atoms with van der Waals surface area (Å²) in [6.07, 6.45) is -3.18. The molecule has 1 aromatic heterocycles. The van der Waals surface area contributed by atoms with Gasteiger partial charge in [-0.2, -0.15) is 18.2 Å². The van der Waals surface area contributed by atoms with Crippen LogP contribution in [0.2, 0.25) is 0 Å². The first-order chi connectivity index (χ1) is 12.4. The highest BCUT2D eigenvalue weighted by atomic mass is 19.4. The van der Waals surface area contributed by atoms with Gasteiger partial charge in [0.15, 0.2) is 11.5 Å². The van der Waals surface area contributed by atoms with Gasteiger partial charge in [0.05, 0.1) is 12.7 Å². The SMILES string of the molecule is COc1ccccc1Oc1ncnc(-c2ccc(C(F)(F)F)cc2)c1N. The summed E-state index contributed by atoms with van der Waals surface area (Å²) < 4.78 is 49.0. The van der Waals surface area contributed by atoms with Gasteiger partial charge in [0.2, 0.25) is 5.88 Å². The number of alkyl halides is 3. The average molecular weight is 361 g/mol. The van der Waals surface area contributed by atoms with Crippen LogP contribution in [0.3, 0.4) is 0 Å². The molecule has 0 aliphatic rings. The van der Waals surface area contributed by atoms with E-state index in [-0.39, 0.29) is 17.3 Å². The van der Waals surface area contributed by atoms with Crippen molar-refractivity contribution in [3.05, 3.63) is 60.4 Å². The molecule has 0 amide bonds. The second-order valence-corrected chi connectivity index (χ2v) is 5.27. The topological polar surface area (TPSA) is 70.3 Å². The number of benzene rings is 2. The first-order valence-electron chi connectivity index (χ1n) is 7.49. The predicted octanol–water partition coefficient (Wildman–Crippen LogP) is 4.55. The Morgan fingerprint density at radius 2 is 1.58 bits per heavy atom. The lowest BCUT2D eigenvalue weighted by atomic mass is 10.1. The van der Waals surface area contributed by atoms with Gasteiger partial charge >= 0.3 is 6.18 Å². The molecule has 134 valence electrons. The van der Waals surface area contributed by atoms with Gasteiger partial charge in [-0.15, -0.1) is 0 Å². The van der Waals surface area contributed by atoms with E-state index >= 15 is 0 Å². The number of halogens is 3. The molecule has 3 rings (SSSR count). The maximum atomic E-state index is 12.7. The lowest BCUT2D eigenvalue weighted by Gasteiger charge is -2.13. The first kappa shape index (κ1) is 17.5. The number of ether oxygens (including phenoxy) is 2. The molecule has 0 saturated heterocycles. The van der Waals surface area contributed by atoms with Crippen LogP contribution in [0, 0.1) is 0 Å². The third-order valence-corrected chi connectivity index (χ3v) is 3.61. The molecule has 8 heteroatoms. The molecule has 0 radical (unpaired) electrons. The van der Waals surface area contributed by atoms with E-state index in [0.29, 0.717) is 17.1 Å². The van der Waals surface area contributed by atoms with Crippen LogP contribution in [0.15, 0.2) is 54.9 Å². The molecule has 0 atom stereocenters. The molecule has 5 nitrogen and oxygen atoms in total. The Bertz CT molecular complexity index is 912. The highest BCUT2D eigenvalue weighted by Gasteiger charge is 2.30. The van der Waals surface area contributed by atoms with Crippen molar-refractivity contribution in [3.8, 4) is 28.6 Å². The summed E-state index contributed by atoms with van der Waals surface area (Å²) in [5.74, 6) is 0.972. The molecule has 2 N–H and O–H groups in total. The van der Waals surface area contributed by atoms with Gasteiger partial charge in [-0.3, -0.25) is 0 Å². The molecule has 2 aromatic carbocycles. The quantitative estimate of drug-likeness (QED) is 0.738. The zero-order valence-electron chi connectivity index (χ0n) is 13.6. The second kappa shape index (κ2) is 6.91. The van der Waals surface area contributed by atoms with Gasteiger partial charge < -0.3 is 15.2 Å². The van der Waals surface area contributed by atoms with Crippen molar-refractivity contribution in [3.63, 3.8) is 0 Å². The lowest BCUT2D eigenvalue weighted by Crippen LogP contribution is -2.04. The standard InChI is InChI=1S/C18H14F3N3O2/c1-25-13-4-2-3-5-14(13)26-17-15(22)16(23-10-24-17)11-6-8-12(9-7-11)18(19,20)21/h2-10H,22H2,1H3. The van der Waals surface area contributed by atoms with E-state index in [1.165, 1.54) is 25.6 Å². The molecule has 26 heavy (non-hydrogen) atoms. The van der Waals surface area contributed by atoms with Gasteiger partial charge in [-0.05, 0) is 24.3 Å². The van der Waals surface area contributed by atoms with Crippen LogP contribution < -0.4 is 15.2 Å². The molecule has 0 saturated carbocycles. The minimum atomic E-state index is -4.41. The van der Waals surface area contributed by atoms with Crippen molar-refractivity contribution >= 4 is 5.69 Å². The highest BCUT2D eigenvalue weighted by molar-refractivity contribution is 5.76.